The molecule has 1 saturated heterocycles. The number of likely N-dealkylation sites (tertiary alicyclic amines) is 1. The van der Waals surface area contributed by atoms with E-state index in [1.165, 1.54) is 17.0 Å². The summed E-state index contributed by atoms with van der Waals surface area (Å²) in [7, 11) is 3.65. The Balaban J connectivity index is 1.85. The van der Waals surface area contributed by atoms with E-state index < -0.39 is 11.9 Å². The van der Waals surface area contributed by atoms with Crippen molar-refractivity contribution >= 4 is 23.4 Å². The van der Waals surface area contributed by atoms with E-state index in [1.807, 2.05) is 25.2 Å². The molecule has 0 spiro atoms. The van der Waals surface area contributed by atoms with E-state index in [4.69, 9.17) is 16.3 Å². The van der Waals surface area contributed by atoms with Gasteiger partial charge in [0, 0.05) is 30.7 Å². The lowest BCUT2D eigenvalue weighted by Crippen LogP contribution is -2.32. The van der Waals surface area contributed by atoms with Crippen molar-refractivity contribution in [3.05, 3.63) is 53.3 Å². The van der Waals surface area contributed by atoms with E-state index in [1.54, 1.807) is 19.2 Å². The second-order valence-corrected chi connectivity index (χ2v) is 6.73. The van der Waals surface area contributed by atoms with Crippen molar-refractivity contribution < 1.29 is 13.9 Å². The number of para-hydroxylation sites is 1. The minimum absolute atomic E-state index is 0.101. The van der Waals surface area contributed by atoms with Crippen LogP contribution in [0.2, 0.25) is 5.02 Å². The first-order valence-corrected chi connectivity index (χ1v) is 8.50. The largest absolute Gasteiger partial charge is 0.444 e. The van der Waals surface area contributed by atoms with Crippen molar-refractivity contribution in [1.82, 2.24) is 4.90 Å². The van der Waals surface area contributed by atoms with Crippen molar-refractivity contribution in [2.24, 2.45) is 0 Å². The topological polar surface area (TPSA) is 32.8 Å². The molecule has 0 unspecified atom stereocenters. The highest BCUT2D eigenvalue weighted by Crippen LogP contribution is 2.32. The average molecular weight is 363 g/mol. The molecule has 132 valence electrons. The molecule has 3 rings (SSSR count). The second-order valence-electron chi connectivity index (χ2n) is 6.29. The lowest BCUT2D eigenvalue weighted by atomic mass is 10.0. The number of benzene rings is 2. The fourth-order valence-corrected chi connectivity index (χ4v) is 3.25. The zero-order chi connectivity index (χ0) is 18.0. The van der Waals surface area contributed by atoms with Crippen LogP contribution in [-0.2, 0) is 4.74 Å². The van der Waals surface area contributed by atoms with Crippen LogP contribution in [-0.4, -0.2) is 44.3 Å². The molecule has 1 aliphatic heterocycles. The standard InChI is InChI=1S/C19H20ClFN2O2/c1-22-8-7-16(12-22)25-19(24)23(2)18-6-4-3-5-17(18)13-9-14(20)11-15(21)10-13/h3-6,9-11,16H,7-8,12H2,1-2H3/t16-/m1/s1. The molecule has 1 heterocycles. The summed E-state index contributed by atoms with van der Waals surface area (Å²) >= 11 is 5.97. The Morgan fingerprint density at radius 1 is 1.32 bits per heavy atom. The van der Waals surface area contributed by atoms with Crippen LogP contribution in [0, 0.1) is 5.82 Å². The van der Waals surface area contributed by atoms with Gasteiger partial charge >= 0.3 is 6.09 Å². The number of ether oxygens (including phenoxy) is 1. The molecule has 0 aliphatic carbocycles. The second kappa shape index (κ2) is 7.42. The van der Waals surface area contributed by atoms with Gasteiger partial charge in [0.1, 0.15) is 11.9 Å². The summed E-state index contributed by atoms with van der Waals surface area (Å²) in [6.07, 6.45) is 0.308. The van der Waals surface area contributed by atoms with Crippen LogP contribution in [0.3, 0.4) is 0 Å². The highest BCUT2D eigenvalue weighted by molar-refractivity contribution is 6.30. The predicted molar refractivity (Wildman–Crippen MR) is 97.6 cm³/mol. The van der Waals surface area contributed by atoms with Crippen LogP contribution in [0.15, 0.2) is 42.5 Å². The molecular formula is C19H20ClFN2O2. The number of anilines is 1. The maximum absolute atomic E-state index is 13.7. The summed E-state index contributed by atoms with van der Waals surface area (Å²) in [4.78, 5) is 16.1. The van der Waals surface area contributed by atoms with Gasteiger partial charge in [0.2, 0.25) is 0 Å². The van der Waals surface area contributed by atoms with Gasteiger partial charge in [-0.3, -0.25) is 4.90 Å². The first-order chi connectivity index (χ1) is 11.9. The molecule has 0 N–H and O–H groups in total. The van der Waals surface area contributed by atoms with Crippen molar-refractivity contribution in [3.63, 3.8) is 0 Å². The number of nitrogens with zero attached hydrogens (tertiary/aromatic N) is 2. The summed E-state index contributed by atoms with van der Waals surface area (Å²) in [6, 6.07) is 11.6. The number of carbonyl (C=O) groups is 1. The lowest BCUT2D eigenvalue weighted by Gasteiger charge is -2.22. The van der Waals surface area contributed by atoms with E-state index in [0.717, 1.165) is 19.5 Å². The maximum atomic E-state index is 13.7. The van der Waals surface area contributed by atoms with E-state index in [-0.39, 0.29) is 6.10 Å². The summed E-state index contributed by atoms with van der Waals surface area (Å²) in [5, 5.41) is 0.309. The number of carbonyl (C=O) groups excluding carboxylic acids is 1. The van der Waals surface area contributed by atoms with Crippen LogP contribution in [0.5, 0.6) is 0 Å². The number of likely N-dealkylation sites (N-methyl/N-ethyl adjacent to an activating group) is 1. The van der Waals surface area contributed by atoms with Gasteiger partial charge in [0.05, 0.1) is 5.69 Å². The minimum atomic E-state index is -0.421. The van der Waals surface area contributed by atoms with Crippen LogP contribution in [0.1, 0.15) is 6.42 Å². The van der Waals surface area contributed by atoms with Crippen LogP contribution >= 0.6 is 11.6 Å². The highest BCUT2D eigenvalue weighted by Gasteiger charge is 2.25. The molecule has 2 aromatic rings. The third-order valence-corrected chi connectivity index (χ3v) is 4.55. The van der Waals surface area contributed by atoms with Crippen LogP contribution in [0.25, 0.3) is 11.1 Å². The molecule has 0 aromatic heterocycles. The minimum Gasteiger partial charge on any atom is -0.444 e. The summed E-state index contributed by atoms with van der Waals surface area (Å²) in [5.41, 5.74) is 1.97. The van der Waals surface area contributed by atoms with Gasteiger partial charge in [-0.2, -0.15) is 0 Å². The first-order valence-electron chi connectivity index (χ1n) is 8.12. The van der Waals surface area contributed by atoms with Gasteiger partial charge < -0.3 is 9.64 Å². The predicted octanol–water partition coefficient (Wildman–Crippen LogP) is 4.42. The van der Waals surface area contributed by atoms with E-state index in [2.05, 4.69) is 4.90 Å². The van der Waals surface area contributed by atoms with Gasteiger partial charge in [-0.25, -0.2) is 9.18 Å². The number of hydrogen-bond donors (Lipinski definition) is 0. The molecule has 1 aliphatic rings. The monoisotopic (exact) mass is 362 g/mol. The third kappa shape index (κ3) is 4.11. The molecular weight excluding hydrogens is 343 g/mol. The van der Waals surface area contributed by atoms with Crippen molar-refractivity contribution in [2.45, 2.75) is 12.5 Å². The quantitative estimate of drug-likeness (QED) is 0.810. The number of hydrogen-bond acceptors (Lipinski definition) is 3. The van der Waals surface area contributed by atoms with Gasteiger partial charge in [-0.1, -0.05) is 29.8 Å². The summed E-state index contributed by atoms with van der Waals surface area (Å²) in [6.45, 7) is 1.65. The Hall–Kier alpha value is -2.11. The Bertz CT molecular complexity index is 764. The van der Waals surface area contributed by atoms with Gasteiger partial charge in [-0.15, -0.1) is 0 Å². The Morgan fingerprint density at radius 2 is 2.08 bits per heavy atom. The molecule has 6 heteroatoms. The Kier molecular flexibility index (Phi) is 5.25. The lowest BCUT2D eigenvalue weighted by molar-refractivity contribution is 0.110. The summed E-state index contributed by atoms with van der Waals surface area (Å²) in [5.74, 6) is -0.420. The van der Waals surface area contributed by atoms with E-state index >= 15 is 0 Å². The maximum Gasteiger partial charge on any atom is 0.414 e. The zero-order valence-corrected chi connectivity index (χ0v) is 15.0. The number of halogens is 2. The van der Waals surface area contributed by atoms with Crippen LogP contribution in [0.4, 0.5) is 14.9 Å². The molecule has 1 atom stereocenters. The van der Waals surface area contributed by atoms with E-state index in [9.17, 15) is 9.18 Å². The molecule has 0 radical (unpaired) electrons. The normalized spacial score (nSPS) is 17.5. The van der Waals surface area contributed by atoms with Gasteiger partial charge in [0.15, 0.2) is 0 Å². The van der Waals surface area contributed by atoms with Crippen molar-refractivity contribution in [3.8, 4) is 11.1 Å². The fourth-order valence-electron chi connectivity index (χ4n) is 3.03. The first kappa shape index (κ1) is 17.7. The molecule has 1 fully saturated rings. The SMILES string of the molecule is CN1CC[C@@H](OC(=O)N(C)c2ccccc2-c2cc(F)cc(Cl)c2)C1. The van der Waals surface area contributed by atoms with Crippen LogP contribution < -0.4 is 4.90 Å². The van der Waals surface area contributed by atoms with E-state index in [0.29, 0.717) is 21.8 Å². The third-order valence-electron chi connectivity index (χ3n) is 4.33. The average Bonchev–Trinajstić information content (AvgIpc) is 2.98. The molecule has 4 nitrogen and oxygen atoms in total. The smallest absolute Gasteiger partial charge is 0.414 e. The zero-order valence-electron chi connectivity index (χ0n) is 14.2. The highest BCUT2D eigenvalue weighted by atomic mass is 35.5. The Labute approximate surface area is 151 Å². The number of rotatable bonds is 3. The molecule has 0 bridgehead atoms. The molecule has 0 saturated carbocycles. The van der Waals surface area contributed by atoms with Crippen molar-refractivity contribution in [2.75, 3.05) is 32.1 Å². The van der Waals surface area contributed by atoms with Crippen molar-refractivity contribution in [1.29, 1.82) is 0 Å². The fraction of sp³-hybridized carbons (Fsp3) is 0.316. The number of amides is 1. The Morgan fingerprint density at radius 3 is 2.76 bits per heavy atom. The molecule has 25 heavy (non-hydrogen) atoms. The molecule has 2 aromatic carbocycles. The van der Waals surface area contributed by atoms with Gasteiger partial charge in [0.25, 0.3) is 0 Å². The molecule has 1 amide bonds. The van der Waals surface area contributed by atoms with Gasteiger partial charge in [-0.05, 0) is 43.3 Å². The summed E-state index contributed by atoms with van der Waals surface area (Å²) < 4.78 is 19.3.